The number of ether oxygens (including phenoxy) is 2. The van der Waals surface area contributed by atoms with E-state index in [1.807, 2.05) is 25.1 Å². The van der Waals surface area contributed by atoms with Crippen molar-refractivity contribution in [1.29, 1.82) is 0 Å². The van der Waals surface area contributed by atoms with Gasteiger partial charge in [0.2, 0.25) is 0 Å². The first-order chi connectivity index (χ1) is 15.7. The Bertz CT molecular complexity index is 906. The number of hydrogen-bond acceptors (Lipinski definition) is 6. The van der Waals surface area contributed by atoms with Gasteiger partial charge in [-0.15, -0.1) is 0 Å². The fourth-order valence-electron chi connectivity index (χ4n) is 7.23. The molecule has 33 heavy (non-hydrogen) atoms. The van der Waals surface area contributed by atoms with Gasteiger partial charge in [0.15, 0.2) is 0 Å². The van der Waals surface area contributed by atoms with Crippen LogP contribution in [0, 0.1) is 17.3 Å². The number of esters is 1. The molecule has 2 saturated carbocycles. The second kappa shape index (κ2) is 8.40. The van der Waals surface area contributed by atoms with E-state index in [-0.39, 0.29) is 29.3 Å². The molecule has 1 aromatic carbocycles. The SMILES string of the molecule is CO[C@]1(C)CCC[C@]2(C)C[C@H]3OC(=O)[C@@H](CN4CCN(c5cccc(Cl)c5)CC4)[C@H]3C[C@]21O. The van der Waals surface area contributed by atoms with Gasteiger partial charge in [-0.05, 0) is 57.2 Å². The molecule has 1 N–H and O–H groups in total. The van der Waals surface area contributed by atoms with Crippen molar-refractivity contribution >= 4 is 23.3 Å². The molecular weight excluding hydrogens is 440 g/mol. The molecule has 0 spiro atoms. The summed E-state index contributed by atoms with van der Waals surface area (Å²) in [6, 6.07) is 7.98. The minimum absolute atomic E-state index is 0.0362. The summed E-state index contributed by atoms with van der Waals surface area (Å²) in [6.45, 7) is 8.50. The van der Waals surface area contributed by atoms with Crippen LogP contribution in [-0.2, 0) is 14.3 Å². The fourth-order valence-corrected chi connectivity index (χ4v) is 7.42. The maximum atomic E-state index is 13.0. The maximum absolute atomic E-state index is 13.0. The molecule has 0 bridgehead atoms. The normalized spacial score (nSPS) is 41.4. The number of piperazine rings is 1. The molecule has 2 saturated heterocycles. The molecule has 4 aliphatic rings. The zero-order valence-electron chi connectivity index (χ0n) is 20.1. The molecule has 5 rings (SSSR count). The molecule has 0 radical (unpaired) electrons. The van der Waals surface area contributed by atoms with Gasteiger partial charge in [0, 0.05) is 61.9 Å². The lowest BCUT2D eigenvalue weighted by atomic mass is 9.49. The summed E-state index contributed by atoms with van der Waals surface area (Å²) < 4.78 is 11.9. The number of nitrogens with zero attached hydrogens (tertiary/aromatic N) is 2. The number of aliphatic hydroxyl groups is 1. The van der Waals surface area contributed by atoms with Gasteiger partial charge in [-0.25, -0.2) is 0 Å². The predicted molar refractivity (Wildman–Crippen MR) is 129 cm³/mol. The minimum Gasteiger partial charge on any atom is -0.462 e. The van der Waals surface area contributed by atoms with Crippen molar-refractivity contribution in [3.63, 3.8) is 0 Å². The van der Waals surface area contributed by atoms with Gasteiger partial charge in [0.1, 0.15) is 6.10 Å². The smallest absolute Gasteiger partial charge is 0.310 e. The molecule has 2 aliphatic carbocycles. The van der Waals surface area contributed by atoms with Crippen LogP contribution in [0.25, 0.3) is 0 Å². The van der Waals surface area contributed by atoms with Gasteiger partial charge in [0.25, 0.3) is 0 Å². The molecule has 7 heteroatoms. The Kier molecular flexibility index (Phi) is 5.96. The molecular formula is C26H37ClN2O4. The Hall–Kier alpha value is -1.34. The highest BCUT2D eigenvalue weighted by atomic mass is 35.5. The summed E-state index contributed by atoms with van der Waals surface area (Å²) in [5.74, 6) is -0.245. The number of methoxy groups -OCH3 is 1. The van der Waals surface area contributed by atoms with E-state index in [9.17, 15) is 9.90 Å². The maximum Gasteiger partial charge on any atom is 0.310 e. The van der Waals surface area contributed by atoms with Crippen LogP contribution in [0.5, 0.6) is 0 Å². The van der Waals surface area contributed by atoms with Gasteiger partial charge < -0.3 is 19.5 Å². The Morgan fingerprint density at radius 3 is 2.64 bits per heavy atom. The van der Waals surface area contributed by atoms with Crippen LogP contribution < -0.4 is 4.90 Å². The molecule has 4 fully saturated rings. The molecule has 6 atom stereocenters. The standard InChI is InChI=1S/C26H37ClN2O4/c1-24-8-5-9-25(2,32-3)26(24,31)15-20-21(23(30)33-22(20)16-24)17-28-10-12-29(13-11-28)19-7-4-6-18(27)14-19/h4,6-7,14,20-22,31H,5,8-13,15-17H2,1-3H3/t20-,21+,22-,24-,25-,26+/m1/s1. The third-order valence-electron chi connectivity index (χ3n) is 9.45. The van der Waals surface area contributed by atoms with E-state index in [4.69, 9.17) is 21.1 Å². The average Bonchev–Trinajstić information content (AvgIpc) is 3.07. The first-order valence-electron chi connectivity index (χ1n) is 12.4. The summed E-state index contributed by atoms with van der Waals surface area (Å²) in [4.78, 5) is 17.7. The van der Waals surface area contributed by atoms with Crippen LogP contribution >= 0.6 is 11.6 Å². The lowest BCUT2D eigenvalue weighted by molar-refractivity contribution is -0.270. The van der Waals surface area contributed by atoms with Gasteiger partial charge >= 0.3 is 5.97 Å². The van der Waals surface area contributed by atoms with Crippen molar-refractivity contribution in [1.82, 2.24) is 4.90 Å². The molecule has 1 aromatic rings. The van der Waals surface area contributed by atoms with Crippen molar-refractivity contribution in [3.8, 4) is 0 Å². The van der Waals surface area contributed by atoms with E-state index < -0.39 is 11.2 Å². The molecule has 6 nitrogen and oxygen atoms in total. The summed E-state index contributed by atoms with van der Waals surface area (Å²) >= 11 is 6.17. The number of halogens is 1. The van der Waals surface area contributed by atoms with E-state index in [2.05, 4.69) is 22.8 Å². The highest BCUT2D eigenvalue weighted by Crippen LogP contribution is 2.61. The topological polar surface area (TPSA) is 62.2 Å². The summed E-state index contributed by atoms with van der Waals surface area (Å²) in [5.41, 5.74) is -0.697. The lowest BCUT2D eigenvalue weighted by Gasteiger charge is -2.62. The van der Waals surface area contributed by atoms with Crippen molar-refractivity contribution in [2.24, 2.45) is 17.3 Å². The Balaban J connectivity index is 1.28. The highest BCUT2D eigenvalue weighted by molar-refractivity contribution is 6.30. The molecule has 0 unspecified atom stereocenters. The van der Waals surface area contributed by atoms with Crippen molar-refractivity contribution in [3.05, 3.63) is 29.3 Å². The molecule has 182 valence electrons. The Labute approximate surface area is 202 Å². The quantitative estimate of drug-likeness (QED) is 0.668. The molecule has 2 heterocycles. The monoisotopic (exact) mass is 476 g/mol. The van der Waals surface area contributed by atoms with Crippen LogP contribution in [0.3, 0.4) is 0 Å². The zero-order valence-corrected chi connectivity index (χ0v) is 20.8. The van der Waals surface area contributed by atoms with Gasteiger partial charge in [-0.3, -0.25) is 9.69 Å². The van der Waals surface area contributed by atoms with Crippen LogP contribution in [0.1, 0.15) is 46.0 Å². The average molecular weight is 477 g/mol. The van der Waals surface area contributed by atoms with Gasteiger partial charge in [-0.2, -0.15) is 0 Å². The second-order valence-corrected chi connectivity index (χ2v) is 11.6. The van der Waals surface area contributed by atoms with Crippen LogP contribution in [-0.4, -0.2) is 73.1 Å². The number of carbonyl (C=O) groups is 1. The number of fused-ring (bicyclic) bond motifs is 2. The van der Waals surface area contributed by atoms with Crippen LogP contribution in [0.15, 0.2) is 24.3 Å². The highest BCUT2D eigenvalue weighted by Gasteiger charge is 2.67. The summed E-state index contributed by atoms with van der Waals surface area (Å²) in [5, 5.41) is 12.8. The number of benzene rings is 1. The first kappa shape index (κ1) is 23.4. The van der Waals surface area contributed by atoms with Crippen molar-refractivity contribution in [2.75, 3.05) is 44.7 Å². The van der Waals surface area contributed by atoms with Crippen LogP contribution in [0.2, 0.25) is 5.02 Å². The van der Waals surface area contributed by atoms with Gasteiger partial charge in [0.05, 0.1) is 17.1 Å². The number of rotatable bonds is 4. The van der Waals surface area contributed by atoms with Gasteiger partial charge in [-0.1, -0.05) is 24.6 Å². The van der Waals surface area contributed by atoms with E-state index in [0.29, 0.717) is 13.0 Å². The molecule has 2 aliphatic heterocycles. The van der Waals surface area contributed by atoms with E-state index in [1.54, 1.807) is 7.11 Å². The van der Waals surface area contributed by atoms with E-state index >= 15 is 0 Å². The van der Waals surface area contributed by atoms with Crippen molar-refractivity contribution in [2.45, 2.75) is 63.3 Å². The van der Waals surface area contributed by atoms with E-state index in [0.717, 1.165) is 62.6 Å². The largest absolute Gasteiger partial charge is 0.462 e. The number of hydrogen-bond donors (Lipinski definition) is 1. The number of carbonyl (C=O) groups excluding carboxylic acids is 1. The lowest BCUT2D eigenvalue weighted by Crippen LogP contribution is -2.69. The third-order valence-corrected chi connectivity index (χ3v) is 9.69. The van der Waals surface area contributed by atoms with Crippen LogP contribution in [0.4, 0.5) is 5.69 Å². The fraction of sp³-hybridized carbons (Fsp3) is 0.731. The molecule has 0 aromatic heterocycles. The predicted octanol–water partition coefficient (Wildman–Crippen LogP) is 3.74. The number of anilines is 1. The Morgan fingerprint density at radius 1 is 1.18 bits per heavy atom. The zero-order chi connectivity index (χ0) is 23.4. The minimum atomic E-state index is -0.953. The van der Waals surface area contributed by atoms with E-state index in [1.165, 1.54) is 0 Å². The second-order valence-electron chi connectivity index (χ2n) is 11.1. The molecule has 0 amide bonds. The summed E-state index contributed by atoms with van der Waals surface area (Å²) in [6.07, 6.45) is 4.00. The third kappa shape index (κ3) is 3.78. The first-order valence-corrected chi connectivity index (χ1v) is 12.8. The summed E-state index contributed by atoms with van der Waals surface area (Å²) in [7, 11) is 1.71. The Morgan fingerprint density at radius 2 is 1.94 bits per heavy atom. The van der Waals surface area contributed by atoms with Crippen molar-refractivity contribution < 1.29 is 19.4 Å².